The van der Waals surface area contributed by atoms with Gasteiger partial charge in [-0.3, -0.25) is 0 Å². The van der Waals surface area contributed by atoms with Gasteiger partial charge in [-0.25, -0.2) is 9.59 Å². The second kappa shape index (κ2) is 12.4. The molecule has 3 rings (SSSR count). The third kappa shape index (κ3) is 7.22. The van der Waals surface area contributed by atoms with Crippen LogP contribution < -0.4 is 14.2 Å². The molecule has 0 aliphatic carbocycles. The van der Waals surface area contributed by atoms with E-state index in [-0.39, 0.29) is 12.0 Å². The molecule has 0 aliphatic rings. The molecule has 3 aromatic carbocycles. The first-order chi connectivity index (χ1) is 16.9. The summed E-state index contributed by atoms with van der Waals surface area (Å²) in [6.45, 7) is 0.876. The highest BCUT2D eigenvalue weighted by Crippen LogP contribution is 2.29. The molecular formula is C27H28O8. The fourth-order valence-electron chi connectivity index (χ4n) is 3.42. The van der Waals surface area contributed by atoms with Gasteiger partial charge in [-0.1, -0.05) is 30.3 Å². The van der Waals surface area contributed by atoms with Crippen LogP contribution in [-0.2, 0) is 16.0 Å². The fraction of sp³-hybridized carbons (Fsp3) is 0.259. The van der Waals surface area contributed by atoms with E-state index in [1.54, 1.807) is 42.5 Å². The maximum atomic E-state index is 11.2. The van der Waals surface area contributed by atoms with Crippen LogP contribution in [0.4, 0.5) is 0 Å². The van der Waals surface area contributed by atoms with Gasteiger partial charge in [0.2, 0.25) is 0 Å². The molecule has 3 aromatic rings. The fourth-order valence-corrected chi connectivity index (χ4v) is 3.42. The van der Waals surface area contributed by atoms with Gasteiger partial charge in [-0.05, 0) is 53.1 Å². The molecule has 184 valence electrons. The Labute approximate surface area is 203 Å². The molecule has 0 amide bonds. The highest BCUT2D eigenvalue weighted by Gasteiger charge is 2.18. The van der Waals surface area contributed by atoms with Crippen molar-refractivity contribution < 1.29 is 38.7 Å². The van der Waals surface area contributed by atoms with Crippen molar-refractivity contribution in [2.45, 2.75) is 18.9 Å². The number of ether oxygens (including phenoxy) is 4. The Hall–Kier alpha value is -4.04. The van der Waals surface area contributed by atoms with E-state index in [0.717, 1.165) is 22.4 Å². The SMILES string of the molecule is COc1cc(CC(OC)C(=O)O)ccc1OCCCOc1ccc(-c2ccc(C(=O)O)cc2)cc1. The minimum atomic E-state index is -1.02. The van der Waals surface area contributed by atoms with Crippen molar-refractivity contribution >= 4 is 11.9 Å². The molecule has 0 fully saturated rings. The molecule has 0 heterocycles. The molecular weight excluding hydrogens is 452 g/mol. The van der Waals surface area contributed by atoms with Crippen molar-refractivity contribution in [3.05, 3.63) is 77.9 Å². The van der Waals surface area contributed by atoms with Crippen LogP contribution in [0.3, 0.4) is 0 Å². The predicted molar refractivity (Wildman–Crippen MR) is 130 cm³/mol. The Bertz CT molecular complexity index is 1120. The van der Waals surface area contributed by atoms with Crippen molar-refractivity contribution in [3.63, 3.8) is 0 Å². The molecule has 8 heteroatoms. The number of carbonyl (C=O) groups is 2. The second-order valence-electron chi connectivity index (χ2n) is 7.71. The molecule has 0 saturated carbocycles. The molecule has 1 atom stereocenters. The van der Waals surface area contributed by atoms with Crippen LogP contribution in [0.5, 0.6) is 17.2 Å². The number of hydrogen-bond acceptors (Lipinski definition) is 6. The van der Waals surface area contributed by atoms with Gasteiger partial charge in [-0.15, -0.1) is 0 Å². The first-order valence-corrected chi connectivity index (χ1v) is 11.0. The minimum Gasteiger partial charge on any atom is -0.493 e. The summed E-state index contributed by atoms with van der Waals surface area (Å²) >= 11 is 0. The van der Waals surface area contributed by atoms with Gasteiger partial charge in [0.1, 0.15) is 5.75 Å². The zero-order valence-electron chi connectivity index (χ0n) is 19.6. The van der Waals surface area contributed by atoms with E-state index < -0.39 is 18.0 Å². The van der Waals surface area contributed by atoms with Gasteiger partial charge >= 0.3 is 11.9 Å². The van der Waals surface area contributed by atoms with Gasteiger partial charge in [0.15, 0.2) is 17.6 Å². The first kappa shape index (κ1) is 25.6. The number of hydrogen-bond donors (Lipinski definition) is 2. The minimum absolute atomic E-state index is 0.225. The Kier molecular flexibility index (Phi) is 9.09. The average Bonchev–Trinajstić information content (AvgIpc) is 2.87. The van der Waals surface area contributed by atoms with Crippen molar-refractivity contribution in [3.8, 4) is 28.4 Å². The van der Waals surface area contributed by atoms with Crippen molar-refractivity contribution in [2.24, 2.45) is 0 Å². The first-order valence-electron chi connectivity index (χ1n) is 11.0. The van der Waals surface area contributed by atoms with Crippen molar-refractivity contribution in [2.75, 3.05) is 27.4 Å². The molecule has 0 aromatic heterocycles. The topological polar surface area (TPSA) is 112 Å². The Balaban J connectivity index is 1.46. The van der Waals surface area contributed by atoms with Gasteiger partial charge in [0.05, 0.1) is 25.9 Å². The summed E-state index contributed by atoms with van der Waals surface area (Å²) in [7, 11) is 2.90. The van der Waals surface area contributed by atoms with E-state index >= 15 is 0 Å². The van der Waals surface area contributed by atoms with Crippen LogP contribution in [0.2, 0.25) is 0 Å². The maximum Gasteiger partial charge on any atom is 0.335 e. The molecule has 35 heavy (non-hydrogen) atoms. The predicted octanol–water partition coefficient (Wildman–Crippen LogP) is 4.55. The highest BCUT2D eigenvalue weighted by molar-refractivity contribution is 5.88. The number of benzene rings is 3. The monoisotopic (exact) mass is 480 g/mol. The van der Waals surface area contributed by atoms with E-state index in [0.29, 0.717) is 31.1 Å². The number of carboxylic acid groups (broad SMARTS) is 2. The molecule has 0 aliphatic heterocycles. The van der Waals surface area contributed by atoms with E-state index in [4.69, 9.17) is 29.2 Å². The summed E-state index contributed by atoms with van der Waals surface area (Å²) in [6, 6.07) is 19.6. The van der Waals surface area contributed by atoms with Crippen LogP contribution in [0.25, 0.3) is 11.1 Å². The normalized spacial score (nSPS) is 11.5. The van der Waals surface area contributed by atoms with Crippen LogP contribution in [0.15, 0.2) is 66.7 Å². The van der Waals surface area contributed by atoms with Crippen LogP contribution in [-0.4, -0.2) is 55.7 Å². The zero-order chi connectivity index (χ0) is 25.2. The Morgan fingerprint density at radius 2 is 1.43 bits per heavy atom. The average molecular weight is 481 g/mol. The zero-order valence-corrected chi connectivity index (χ0v) is 19.6. The number of aliphatic carboxylic acids is 1. The van der Waals surface area contributed by atoms with E-state index in [1.165, 1.54) is 14.2 Å². The lowest BCUT2D eigenvalue weighted by molar-refractivity contribution is -0.148. The number of methoxy groups -OCH3 is 2. The smallest absolute Gasteiger partial charge is 0.335 e. The third-order valence-corrected chi connectivity index (χ3v) is 5.34. The number of rotatable bonds is 13. The van der Waals surface area contributed by atoms with Crippen molar-refractivity contribution in [1.82, 2.24) is 0 Å². The van der Waals surface area contributed by atoms with E-state index in [1.807, 2.05) is 24.3 Å². The maximum absolute atomic E-state index is 11.2. The van der Waals surface area contributed by atoms with Gasteiger partial charge in [-0.2, -0.15) is 0 Å². The standard InChI is InChI=1S/C27H28O8/c1-32-24-16-18(17-25(33-2)27(30)31)4-13-23(24)35-15-3-14-34-22-11-9-20(10-12-22)19-5-7-21(8-6-19)26(28)29/h4-13,16,25H,3,14-15,17H2,1-2H3,(H,28,29)(H,30,31). The lowest BCUT2D eigenvalue weighted by atomic mass is 10.0. The Morgan fingerprint density at radius 1 is 0.800 bits per heavy atom. The summed E-state index contributed by atoms with van der Waals surface area (Å²) in [6.07, 6.45) is -0.0493. The lowest BCUT2D eigenvalue weighted by Crippen LogP contribution is -2.24. The van der Waals surface area contributed by atoms with Crippen LogP contribution in [0.1, 0.15) is 22.3 Å². The molecule has 0 bridgehead atoms. The number of carboxylic acids is 2. The molecule has 0 radical (unpaired) electrons. The molecule has 0 saturated heterocycles. The third-order valence-electron chi connectivity index (χ3n) is 5.34. The Morgan fingerprint density at radius 3 is 2.00 bits per heavy atom. The quantitative estimate of drug-likeness (QED) is 0.343. The second-order valence-corrected chi connectivity index (χ2v) is 7.71. The summed E-state index contributed by atoms with van der Waals surface area (Å²) in [4.78, 5) is 22.1. The summed E-state index contributed by atoms with van der Waals surface area (Å²) < 4.78 is 22.0. The molecule has 0 spiro atoms. The molecule has 2 N–H and O–H groups in total. The highest BCUT2D eigenvalue weighted by atomic mass is 16.5. The van der Waals surface area contributed by atoms with E-state index in [9.17, 15) is 9.59 Å². The summed E-state index contributed by atoms with van der Waals surface area (Å²) in [5, 5.41) is 18.2. The van der Waals surface area contributed by atoms with Gasteiger partial charge in [0, 0.05) is 20.0 Å². The molecule has 1 unspecified atom stereocenters. The van der Waals surface area contributed by atoms with Crippen LogP contribution >= 0.6 is 0 Å². The largest absolute Gasteiger partial charge is 0.493 e. The van der Waals surface area contributed by atoms with Gasteiger partial charge < -0.3 is 29.2 Å². The van der Waals surface area contributed by atoms with Gasteiger partial charge in [0.25, 0.3) is 0 Å². The molecule has 8 nitrogen and oxygen atoms in total. The summed E-state index contributed by atoms with van der Waals surface area (Å²) in [5.74, 6) is -0.148. The van der Waals surface area contributed by atoms with Crippen LogP contribution in [0, 0.1) is 0 Å². The van der Waals surface area contributed by atoms with E-state index in [2.05, 4.69) is 0 Å². The van der Waals surface area contributed by atoms with Crippen molar-refractivity contribution in [1.29, 1.82) is 0 Å². The lowest BCUT2D eigenvalue weighted by Gasteiger charge is -2.14. The number of aromatic carboxylic acids is 1. The summed E-state index contributed by atoms with van der Waals surface area (Å²) in [5.41, 5.74) is 2.92.